The molecule has 9 nitrogen and oxygen atoms in total. The standard InChI is InChI=1S/C11H13N5O4S/c12-6(11(18)19)1-2-7(17)20-5-21-10-8-9(14-3-13-8)15-4-16-10/h3-4,6H,1-2,5,12H2,(H,18,19)(H,13,14,15,16)/p-1. The number of thioether (sulfide) groups is 1. The fourth-order valence-corrected chi connectivity index (χ4v) is 2.18. The number of aliphatic carboxylic acids is 1. The summed E-state index contributed by atoms with van der Waals surface area (Å²) in [4.78, 5) is 36.7. The van der Waals surface area contributed by atoms with E-state index in [0.29, 0.717) is 16.2 Å². The van der Waals surface area contributed by atoms with Crippen LogP contribution >= 0.6 is 11.8 Å². The van der Waals surface area contributed by atoms with E-state index in [1.165, 1.54) is 24.4 Å². The number of nitrogens with two attached hydrogens (primary N) is 1. The number of imidazole rings is 1. The van der Waals surface area contributed by atoms with E-state index >= 15 is 0 Å². The van der Waals surface area contributed by atoms with Crippen molar-refractivity contribution in [2.75, 3.05) is 5.94 Å². The van der Waals surface area contributed by atoms with Gasteiger partial charge in [-0.2, -0.15) is 0 Å². The van der Waals surface area contributed by atoms with Crippen LogP contribution in [0.4, 0.5) is 0 Å². The van der Waals surface area contributed by atoms with Crippen molar-refractivity contribution in [3.05, 3.63) is 12.7 Å². The number of ether oxygens (including phenoxy) is 1. The highest BCUT2D eigenvalue weighted by atomic mass is 32.2. The van der Waals surface area contributed by atoms with Gasteiger partial charge in [-0.3, -0.25) is 4.79 Å². The average Bonchev–Trinajstić information content (AvgIpc) is 2.94. The van der Waals surface area contributed by atoms with E-state index in [0.717, 1.165) is 0 Å². The molecule has 2 heterocycles. The number of carbonyl (C=O) groups is 2. The molecule has 0 saturated carbocycles. The summed E-state index contributed by atoms with van der Waals surface area (Å²) in [6, 6.07) is -1.17. The highest BCUT2D eigenvalue weighted by Gasteiger charge is 2.10. The number of fused-ring (bicyclic) bond motifs is 1. The number of nitrogens with zero attached hydrogens (tertiary/aromatic N) is 3. The summed E-state index contributed by atoms with van der Waals surface area (Å²) in [7, 11) is 0. The largest absolute Gasteiger partial charge is 0.548 e. The molecule has 0 aromatic carbocycles. The van der Waals surface area contributed by atoms with Crippen LogP contribution in [0.1, 0.15) is 12.8 Å². The Bertz CT molecular complexity index is 646. The Morgan fingerprint density at radius 3 is 3.00 bits per heavy atom. The molecule has 2 rings (SSSR count). The molecule has 0 fully saturated rings. The number of carbonyl (C=O) groups excluding carboxylic acids is 2. The van der Waals surface area contributed by atoms with Gasteiger partial charge < -0.3 is 25.4 Å². The Morgan fingerprint density at radius 1 is 1.43 bits per heavy atom. The van der Waals surface area contributed by atoms with Gasteiger partial charge in [-0.1, -0.05) is 11.8 Å². The van der Waals surface area contributed by atoms with Crippen LogP contribution in [0, 0.1) is 0 Å². The maximum absolute atomic E-state index is 11.4. The lowest BCUT2D eigenvalue weighted by molar-refractivity contribution is -0.307. The lowest BCUT2D eigenvalue weighted by Gasteiger charge is -2.11. The van der Waals surface area contributed by atoms with E-state index < -0.39 is 18.0 Å². The van der Waals surface area contributed by atoms with Crippen molar-refractivity contribution in [2.24, 2.45) is 5.73 Å². The molecule has 2 aromatic heterocycles. The number of H-pyrrole nitrogens is 1. The summed E-state index contributed by atoms with van der Waals surface area (Å²) in [6.45, 7) is 0. The second-order valence-electron chi connectivity index (χ2n) is 4.02. The highest BCUT2D eigenvalue weighted by Crippen LogP contribution is 2.21. The van der Waals surface area contributed by atoms with Crippen molar-refractivity contribution in [3.8, 4) is 0 Å². The molecular weight excluding hydrogens is 298 g/mol. The van der Waals surface area contributed by atoms with E-state index in [2.05, 4.69) is 19.9 Å². The SMILES string of the molecule is NC(CCC(=O)OCSc1ncnc2nc[nH]c12)C(=O)[O-]. The molecule has 0 bridgehead atoms. The number of aromatic nitrogens is 4. The average molecular weight is 310 g/mol. The Balaban J connectivity index is 1.78. The first-order valence-electron chi connectivity index (χ1n) is 5.97. The summed E-state index contributed by atoms with van der Waals surface area (Å²) in [5.74, 6) is -1.88. The molecule has 0 amide bonds. The van der Waals surface area contributed by atoms with Crippen molar-refractivity contribution in [1.82, 2.24) is 19.9 Å². The number of esters is 1. The Hall–Kier alpha value is -2.20. The predicted molar refractivity (Wildman–Crippen MR) is 70.7 cm³/mol. The van der Waals surface area contributed by atoms with Crippen molar-refractivity contribution >= 4 is 34.9 Å². The summed E-state index contributed by atoms with van der Waals surface area (Å²) >= 11 is 1.20. The van der Waals surface area contributed by atoms with Crippen molar-refractivity contribution in [3.63, 3.8) is 0 Å². The third-order valence-electron chi connectivity index (χ3n) is 2.57. The summed E-state index contributed by atoms with van der Waals surface area (Å²) in [5.41, 5.74) is 6.42. The van der Waals surface area contributed by atoms with E-state index in [1.807, 2.05) is 0 Å². The van der Waals surface area contributed by atoms with Crippen molar-refractivity contribution < 1.29 is 19.4 Å². The quantitative estimate of drug-likeness (QED) is 0.278. The Kier molecular flexibility index (Phi) is 5.06. The van der Waals surface area contributed by atoms with E-state index in [4.69, 9.17) is 10.5 Å². The molecule has 0 saturated heterocycles. The zero-order valence-corrected chi connectivity index (χ0v) is 11.6. The zero-order chi connectivity index (χ0) is 15.2. The van der Waals surface area contributed by atoms with E-state index in [1.54, 1.807) is 0 Å². The van der Waals surface area contributed by atoms with Gasteiger partial charge >= 0.3 is 5.97 Å². The molecule has 0 aliphatic carbocycles. The van der Waals surface area contributed by atoms with Gasteiger partial charge in [-0.05, 0) is 6.42 Å². The number of rotatable bonds is 7. The summed E-state index contributed by atoms with van der Waals surface area (Å²) in [5, 5.41) is 11.0. The first kappa shape index (κ1) is 15.2. The fourth-order valence-electron chi connectivity index (χ4n) is 1.47. The van der Waals surface area contributed by atoms with Gasteiger partial charge in [0, 0.05) is 12.5 Å². The fraction of sp³-hybridized carbons (Fsp3) is 0.364. The molecule has 0 radical (unpaired) electrons. The second kappa shape index (κ2) is 6.99. The number of nitrogens with one attached hydrogen (secondary N) is 1. The topological polar surface area (TPSA) is 147 Å². The van der Waals surface area contributed by atoms with Gasteiger partial charge in [0.1, 0.15) is 22.8 Å². The van der Waals surface area contributed by atoms with Crippen LogP contribution in [-0.2, 0) is 14.3 Å². The van der Waals surface area contributed by atoms with Gasteiger partial charge in [-0.15, -0.1) is 0 Å². The zero-order valence-electron chi connectivity index (χ0n) is 10.8. The number of carboxylic acid groups (broad SMARTS) is 1. The molecule has 0 aliphatic heterocycles. The molecule has 3 N–H and O–H groups in total. The van der Waals surface area contributed by atoms with Crippen LogP contribution in [0.15, 0.2) is 17.7 Å². The minimum absolute atomic E-state index is 0.0237. The summed E-state index contributed by atoms with van der Waals surface area (Å²) in [6.07, 6.45) is 2.76. The maximum Gasteiger partial charge on any atom is 0.306 e. The monoisotopic (exact) mass is 310 g/mol. The Morgan fingerprint density at radius 2 is 2.24 bits per heavy atom. The van der Waals surface area contributed by atoms with Gasteiger partial charge in [0.25, 0.3) is 0 Å². The number of aromatic amines is 1. The lowest BCUT2D eigenvalue weighted by atomic mass is 10.2. The van der Waals surface area contributed by atoms with Crippen LogP contribution in [0.5, 0.6) is 0 Å². The van der Waals surface area contributed by atoms with Crippen LogP contribution < -0.4 is 10.8 Å². The predicted octanol–water partition coefficient (Wildman–Crippen LogP) is -1.20. The minimum Gasteiger partial charge on any atom is -0.548 e. The molecule has 2 aromatic rings. The molecule has 10 heteroatoms. The number of carboxylic acids is 1. The molecule has 112 valence electrons. The van der Waals surface area contributed by atoms with Crippen LogP contribution in [0.3, 0.4) is 0 Å². The molecule has 0 spiro atoms. The van der Waals surface area contributed by atoms with Gasteiger partial charge in [0.05, 0.1) is 12.3 Å². The highest BCUT2D eigenvalue weighted by molar-refractivity contribution is 7.99. The van der Waals surface area contributed by atoms with E-state index in [-0.39, 0.29) is 18.8 Å². The molecule has 0 aliphatic rings. The molecule has 21 heavy (non-hydrogen) atoms. The van der Waals surface area contributed by atoms with Crippen LogP contribution in [-0.4, -0.2) is 43.9 Å². The lowest BCUT2D eigenvalue weighted by Crippen LogP contribution is -2.42. The van der Waals surface area contributed by atoms with Gasteiger partial charge in [0.2, 0.25) is 0 Å². The summed E-state index contributed by atoms with van der Waals surface area (Å²) < 4.78 is 4.96. The third kappa shape index (κ3) is 4.13. The molecule has 1 atom stereocenters. The third-order valence-corrected chi connectivity index (χ3v) is 3.38. The minimum atomic E-state index is -1.39. The number of hydrogen-bond acceptors (Lipinski definition) is 9. The van der Waals surface area contributed by atoms with Crippen molar-refractivity contribution in [2.45, 2.75) is 23.9 Å². The van der Waals surface area contributed by atoms with Crippen LogP contribution in [0.25, 0.3) is 11.2 Å². The van der Waals surface area contributed by atoms with Crippen molar-refractivity contribution in [1.29, 1.82) is 0 Å². The first-order valence-corrected chi connectivity index (χ1v) is 6.95. The first-order chi connectivity index (χ1) is 10.1. The van der Waals surface area contributed by atoms with Crippen LogP contribution in [0.2, 0.25) is 0 Å². The van der Waals surface area contributed by atoms with E-state index in [9.17, 15) is 14.7 Å². The smallest absolute Gasteiger partial charge is 0.306 e. The molecule has 1 unspecified atom stereocenters. The normalized spacial score (nSPS) is 12.2. The van der Waals surface area contributed by atoms with Gasteiger partial charge in [0.15, 0.2) is 5.65 Å². The Labute approximate surface area is 123 Å². The second-order valence-corrected chi connectivity index (χ2v) is 4.93. The van der Waals surface area contributed by atoms with Gasteiger partial charge in [-0.25, -0.2) is 15.0 Å². The maximum atomic E-state index is 11.4. The number of hydrogen-bond donors (Lipinski definition) is 2. The molecular formula is C11H12N5O4S-.